The van der Waals surface area contributed by atoms with Gasteiger partial charge in [-0.2, -0.15) is 0 Å². The maximum Gasteiger partial charge on any atom is 0.116 e. The van der Waals surface area contributed by atoms with E-state index < -0.39 is 0 Å². The largest absolute Gasteiger partial charge is 0.365 e. The Labute approximate surface area is 81.1 Å². The summed E-state index contributed by atoms with van der Waals surface area (Å²) in [7, 11) is 1.68. The van der Waals surface area contributed by atoms with Crippen LogP contribution in [0.15, 0.2) is 29.6 Å². The number of anilines is 1. The van der Waals surface area contributed by atoms with Gasteiger partial charge in [0.25, 0.3) is 0 Å². The summed E-state index contributed by atoms with van der Waals surface area (Å²) in [4.78, 5) is 0. The molecule has 0 saturated heterocycles. The van der Waals surface area contributed by atoms with Crippen molar-refractivity contribution in [2.24, 2.45) is 0 Å². The molecule has 2 nitrogen and oxygen atoms in total. The van der Waals surface area contributed by atoms with Crippen molar-refractivity contribution in [3.63, 3.8) is 0 Å². The number of ether oxygens (including phenoxy) is 1. The number of methoxy groups -OCH3 is 1. The average Bonchev–Trinajstić information content (AvgIpc) is 2.58. The lowest BCUT2D eigenvalue weighted by Crippen LogP contribution is -2.01. The fourth-order valence-electron chi connectivity index (χ4n) is 1.26. The van der Waals surface area contributed by atoms with Crippen LogP contribution in [0.5, 0.6) is 0 Å². The van der Waals surface area contributed by atoms with Crippen LogP contribution in [0.2, 0.25) is 0 Å². The third-order valence-electron chi connectivity index (χ3n) is 1.89. The number of hydrogen-bond acceptors (Lipinski definition) is 3. The third-order valence-corrected chi connectivity index (χ3v) is 2.85. The van der Waals surface area contributed by atoms with Gasteiger partial charge in [-0.05, 0) is 6.07 Å². The lowest BCUT2D eigenvalue weighted by molar-refractivity contribution is 0.221. The zero-order valence-corrected chi connectivity index (χ0v) is 8.23. The molecule has 0 saturated carbocycles. The number of benzene rings is 1. The van der Waals surface area contributed by atoms with Gasteiger partial charge in [-0.15, -0.1) is 11.3 Å². The van der Waals surface area contributed by atoms with Crippen LogP contribution in [0.4, 0.5) is 5.69 Å². The van der Waals surface area contributed by atoms with Gasteiger partial charge >= 0.3 is 0 Å². The summed E-state index contributed by atoms with van der Waals surface area (Å²) in [5.41, 5.74) is 1.16. The van der Waals surface area contributed by atoms with E-state index in [0.717, 1.165) is 5.69 Å². The number of hydrogen-bond donors (Lipinski definition) is 1. The van der Waals surface area contributed by atoms with Crippen LogP contribution in [-0.2, 0) is 4.74 Å². The Morgan fingerprint density at radius 1 is 1.38 bits per heavy atom. The van der Waals surface area contributed by atoms with Gasteiger partial charge in [0.1, 0.15) is 6.73 Å². The Morgan fingerprint density at radius 3 is 3.08 bits per heavy atom. The number of fused-ring (bicyclic) bond motifs is 1. The molecule has 13 heavy (non-hydrogen) atoms. The van der Waals surface area contributed by atoms with Crippen LogP contribution < -0.4 is 5.32 Å². The van der Waals surface area contributed by atoms with Crippen molar-refractivity contribution < 1.29 is 4.74 Å². The van der Waals surface area contributed by atoms with Crippen molar-refractivity contribution in [3.8, 4) is 0 Å². The Morgan fingerprint density at radius 2 is 2.23 bits per heavy atom. The molecule has 2 aromatic rings. The Hall–Kier alpha value is -1.06. The predicted octanol–water partition coefficient (Wildman–Crippen LogP) is 2.92. The monoisotopic (exact) mass is 193 g/mol. The average molecular weight is 193 g/mol. The molecule has 0 radical (unpaired) electrons. The minimum absolute atomic E-state index is 0.556. The molecule has 0 atom stereocenters. The SMILES string of the molecule is COCNc1csc2ccccc12. The molecule has 0 aliphatic heterocycles. The summed E-state index contributed by atoms with van der Waals surface area (Å²) in [5.74, 6) is 0. The quantitative estimate of drug-likeness (QED) is 0.757. The van der Waals surface area contributed by atoms with Crippen molar-refractivity contribution in [2.45, 2.75) is 0 Å². The van der Waals surface area contributed by atoms with Crippen LogP contribution in [0.1, 0.15) is 0 Å². The highest BCUT2D eigenvalue weighted by molar-refractivity contribution is 7.17. The summed E-state index contributed by atoms with van der Waals surface area (Å²) in [6.45, 7) is 0.556. The first-order valence-corrected chi connectivity index (χ1v) is 4.99. The van der Waals surface area contributed by atoms with Gasteiger partial charge in [-0.25, -0.2) is 0 Å². The van der Waals surface area contributed by atoms with Gasteiger partial charge in [0, 0.05) is 22.6 Å². The second-order valence-electron chi connectivity index (χ2n) is 2.76. The minimum atomic E-state index is 0.556. The lowest BCUT2D eigenvalue weighted by atomic mass is 10.2. The molecule has 2 rings (SSSR count). The zero-order valence-electron chi connectivity index (χ0n) is 7.41. The van der Waals surface area contributed by atoms with E-state index in [9.17, 15) is 0 Å². The maximum atomic E-state index is 4.96. The van der Waals surface area contributed by atoms with Gasteiger partial charge in [0.15, 0.2) is 0 Å². The standard InChI is InChI=1S/C10H11NOS/c1-12-7-11-9-6-13-10-5-3-2-4-8(9)10/h2-6,11H,7H2,1H3. The van der Waals surface area contributed by atoms with Crippen LogP contribution in [0.25, 0.3) is 10.1 Å². The molecule has 0 bridgehead atoms. The van der Waals surface area contributed by atoms with E-state index in [2.05, 4.69) is 28.9 Å². The molecule has 1 heterocycles. The van der Waals surface area contributed by atoms with Crippen molar-refractivity contribution in [1.29, 1.82) is 0 Å². The molecular formula is C10H11NOS. The van der Waals surface area contributed by atoms with Gasteiger partial charge < -0.3 is 10.1 Å². The fourth-order valence-corrected chi connectivity index (χ4v) is 2.18. The zero-order chi connectivity index (χ0) is 9.10. The van der Waals surface area contributed by atoms with Gasteiger partial charge in [0.2, 0.25) is 0 Å². The maximum absolute atomic E-state index is 4.96. The van der Waals surface area contributed by atoms with E-state index in [0.29, 0.717) is 6.73 Å². The smallest absolute Gasteiger partial charge is 0.116 e. The highest BCUT2D eigenvalue weighted by Crippen LogP contribution is 2.29. The van der Waals surface area contributed by atoms with Crippen LogP contribution in [-0.4, -0.2) is 13.8 Å². The van der Waals surface area contributed by atoms with Gasteiger partial charge in [0.05, 0.1) is 5.69 Å². The first kappa shape index (κ1) is 8.53. The second-order valence-corrected chi connectivity index (χ2v) is 3.67. The normalized spacial score (nSPS) is 10.5. The van der Waals surface area contributed by atoms with E-state index in [4.69, 9.17) is 4.74 Å². The summed E-state index contributed by atoms with van der Waals surface area (Å²) in [6, 6.07) is 8.34. The molecule has 0 aliphatic rings. The summed E-state index contributed by atoms with van der Waals surface area (Å²) in [5, 5.41) is 6.59. The first-order chi connectivity index (χ1) is 6.42. The predicted molar refractivity (Wildman–Crippen MR) is 57.3 cm³/mol. The van der Waals surface area contributed by atoms with E-state index in [1.54, 1.807) is 18.4 Å². The number of nitrogens with one attached hydrogen (secondary N) is 1. The molecule has 1 aromatic carbocycles. The molecule has 0 aliphatic carbocycles. The fraction of sp³-hybridized carbons (Fsp3) is 0.200. The molecule has 0 unspecified atom stereocenters. The highest BCUT2D eigenvalue weighted by Gasteiger charge is 2.00. The Kier molecular flexibility index (Phi) is 2.47. The van der Waals surface area contributed by atoms with Crippen LogP contribution >= 0.6 is 11.3 Å². The molecule has 3 heteroatoms. The van der Waals surface area contributed by atoms with Gasteiger partial charge in [-0.1, -0.05) is 18.2 Å². The van der Waals surface area contributed by atoms with Crippen molar-refractivity contribution in [3.05, 3.63) is 29.6 Å². The van der Waals surface area contributed by atoms with Crippen molar-refractivity contribution >= 4 is 27.1 Å². The molecule has 1 aromatic heterocycles. The Balaban J connectivity index is 2.35. The van der Waals surface area contributed by atoms with Crippen LogP contribution in [0.3, 0.4) is 0 Å². The van der Waals surface area contributed by atoms with E-state index in [1.807, 2.05) is 6.07 Å². The second kappa shape index (κ2) is 3.77. The molecular weight excluding hydrogens is 182 g/mol. The minimum Gasteiger partial charge on any atom is -0.365 e. The van der Waals surface area contributed by atoms with E-state index >= 15 is 0 Å². The summed E-state index contributed by atoms with van der Waals surface area (Å²) < 4.78 is 6.26. The van der Waals surface area contributed by atoms with Crippen molar-refractivity contribution in [2.75, 3.05) is 19.2 Å². The van der Waals surface area contributed by atoms with E-state index in [1.165, 1.54) is 10.1 Å². The number of thiophene rings is 1. The van der Waals surface area contributed by atoms with Crippen LogP contribution in [0, 0.1) is 0 Å². The van der Waals surface area contributed by atoms with E-state index in [-0.39, 0.29) is 0 Å². The first-order valence-electron chi connectivity index (χ1n) is 4.11. The molecule has 68 valence electrons. The summed E-state index contributed by atoms with van der Waals surface area (Å²) in [6.07, 6.45) is 0. The molecule has 0 spiro atoms. The lowest BCUT2D eigenvalue weighted by Gasteiger charge is -2.01. The summed E-state index contributed by atoms with van der Waals surface area (Å²) >= 11 is 1.75. The van der Waals surface area contributed by atoms with Crippen molar-refractivity contribution in [1.82, 2.24) is 0 Å². The molecule has 0 fully saturated rings. The molecule has 1 N–H and O–H groups in total. The highest BCUT2D eigenvalue weighted by atomic mass is 32.1. The topological polar surface area (TPSA) is 21.3 Å². The van der Waals surface area contributed by atoms with Gasteiger partial charge in [-0.3, -0.25) is 0 Å². The number of rotatable bonds is 3. The Bertz CT molecular complexity index is 396. The third kappa shape index (κ3) is 1.66. The molecule has 0 amide bonds.